The van der Waals surface area contributed by atoms with E-state index in [2.05, 4.69) is 20.4 Å². The molecule has 0 aromatic carbocycles. The number of nitrogens with two attached hydrogens (primary N) is 1. The Morgan fingerprint density at radius 3 is 3.24 bits per heavy atom. The minimum atomic E-state index is -0.413. The maximum Gasteiger partial charge on any atom is 0.237 e. The Hall–Kier alpha value is -1.34. The zero-order chi connectivity index (χ0) is 15.1. The second-order valence-electron chi connectivity index (χ2n) is 5.26. The standard InChI is InChI=1S/C14H23N5OS/c1-21-9-6-12(15)14(20)17-11-4-3-8-19(10-11)13-5-2-7-16-18-13/h2,5,7,11-12H,3-4,6,8-10,15H2,1H3,(H,17,20). The maximum absolute atomic E-state index is 12.1. The van der Waals surface area contributed by atoms with Gasteiger partial charge in [-0.2, -0.15) is 16.9 Å². The third-order valence-corrected chi connectivity index (χ3v) is 4.26. The Balaban J connectivity index is 1.85. The number of anilines is 1. The lowest BCUT2D eigenvalue weighted by Crippen LogP contribution is -2.52. The Morgan fingerprint density at radius 1 is 1.67 bits per heavy atom. The van der Waals surface area contributed by atoms with Crippen molar-refractivity contribution >= 4 is 23.5 Å². The lowest BCUT2D eigenvalue weighted by atomic mass is 10.0. The molecule has 21 heavy (non-hydrogen) atoms. The van der Waals surface area contributed by atoms with E-state index in [9.17, 15) is 4.79 Å². The zero-order valence-electron chi connectivity index (χ0n) is 12.4. The molecule has 2 atom stereocenters. The number of nitrogens with zero attached hydrogens (tertiary/aromatic N) is 3. The Morgan fingerprint density at radius 2 is 2.52 bits per heavy atom. The summed E-state index contributed by atoms with van der Waals surface area (Å²) >= 11 is 1.71. The van der Waals surface area contributed by atoms with Gasteiger partial charge < -0.3 is 16.0 Å². The molecule has 7 heteroatoms. The number of carbonyl (C=O) groups is 1. The van der Waals surface area contributed by atoms with Crippen LogP contribution in [0.5, 0.6) is 0 Å². The van der Waals surface area contributed by atoms with Gasteiger partial charge in [0.2, 0.25) is 5.91 Å². The van der Waals surface area contributed by atoms with Gasteiger partial charge in [-0.3, -0.25) is 4.79 Å². The van der Waals surface area contributed by atoms with Crippen molar-refractivity contribution in [1.29, 1.82) is 0 Å². The number of carbonyl (C=O) groups excluding carboxylic acids is 1. The van der Waals surface area contributed by atoms with Gasteiger partial charge in [0.15, 0.2) is 5.82 Å². The third-order valence-electron chi connectivity index (χ3n) is 3.62. The van der Waals surface area contributed by atoms with Gasteiger partial charge in [-0.15, -0.1) is 5.10 Å². The highest BCUT2D eigenvalue weighted by atomic mass is 32.2. The molecule has 0 spiro atoms. The quantitative estimate of drug-likeness (QED) is 0.802. The van der Waals surface area contributed by atoms with Crippen LogP contribution >= 0.6 is 11.8 Å². The number of rotatable bonds is 6. The highest BCUT2D eigenvalue weighted by molar-refractivity contribution is 7.98. The van der Waals surface area contributed by atoms with Crippen molar-refractivity contribution in [2.24, 2.45) is 5.73 Å². The summed E-state index contributed by atoms with van der Waals surface area (Å²) in [4.78, 5) is 14.2. The van der Waals surface area contributed by atoms with Crippen LogP contribution in [0, 0.1) is 0 Å². The van der Waals surface area contributed by atoms with Crippen LogP contribution in [-0.2, 0) is 4.79 Å². The monoisotopic (exact) mass is 309 g/mol. The Bertz CT molecular complexity index is 444. The summed E-state index contributed by atoms with van der Waals surface area (Å²) in [5, 5.41) is 11.1. The van der Waals surface area contributed by atoms with Gasteiger partial charge in [0.05, 0.1) is 6.04 Å². The van der Waals surface area contributed by atoms with Crippen molar-refractivity contribution in [2.45, 2.75) is 31.3 Å². The summed E-state index contributed by atoms with van der Waals surface area (Å²) in [6, 6.07) is 3.54. The van der Waals surface area contributed by atoms with Crippen molar-refractivity contribution < 1.29 is 4.79 Å². The van der Waals surface area contributed by atoms with Crippen LogP contribution in [0.15, 0.2) is 18.3 Å². The molecule has 0 radical (unpaired) electrons. The molecule has 1 aliphatic heterocycles. The molecule has 1 saturated heterocycles. The molecule has 116 valence electrons. The van der Waals surface area contributed by atoms with Crippen LogP contribution in [0.1, 0.15) is 19.3 Å². The molecule has 2 heterocycles. The average Bonchev–Trinajstić information content (AvgIpc) is 2.53. The van der Waals surface area contributed by atoms with Gasteiger partial charge >= 0.3 is 0 Å². The fourth-order valence-corrected chi connectivity index (χ4v) is 2.94. The first-order valence-electron chi connectivity index (χ1n) is 7.28. The first-order valence-corrected chi connectivity index (χ1v) is 8.67. The van der Waals surface area contributed by atoms with E-state index in [-0.39, 0.29) is 11.9 Å². The van der Waals surface area contributed by atoms with E-state index in [1.165, 1.54) is 0 Å². The second kappa shape index (κ2) is 8.19. The number of hydrogen-bond donors (Lipinski definition) is 2. The second-order valence-corrected chi connectivity index (χ2v) is 6.25. The molecular weight excluding hydrogens is 286 g/mol. The first kappa shape index (κ1) is 16.0. The Labute approximate surface area is 129 Å². The molecule has 2 unspecified atom stereocenters. The summed E-state index contributed by atoms with van der Waals surface area (Å²) in [5.41, 5.74) is 5.90. The molecule has 6 nitrogen and oxygen atoms in total. The molecule has 0 saturated carbocycles. The largest absolute Gasteiger partial charge is 0.353 e. The number of nitrogens with one attached hydrogen (secondary N) is 1. The van der Waals surface area contributed by atoms with Gasteiger partial charge in [-0.1, -0.05) is 0 Å². The molecule has 3 N–H and O–H groups in total. The van der Waals surface area contributed by atoms with E-state index in [0.29, 0.717) is 6.42 Å². The number of amides is 1. The van der Waals surface area contributed by atoms with Crippen molar-refractivity contribution in [2.75, 3.05) is 30.0 Å². The molecular formula is C14H23N5OS. The van der Waals surface area contributed by atoms with E-state index in [1.807, 2.05) is 18.4 Å². The Kier molecular flexibility index (Phi) is 6.25. The zero-order valence-corrected chi connectivity index (χ0v) is 13.2. The summed E-state index contributed by atoms with van der Waals surface area (Å²) < 4.78 is 0. The molecule has 0 bridgehead atoms. The van der Waals surface area contributed by atoms with Crippen LogP contribution in [0.25, 0.3) is 0 Å². The van der Waals surface area contributed by atoms with Crippen LogP contribution in [-0.4, -0.2) is 53.3 Å². The lowest BCUT2D eigenvalue weighted by molar-refractivity contribution is -0.123. The predicted molar refractivity (Wildman–Crippen MR) is 86.4 cm³/mol. The van der Waals surface area contributed by atoms with Crippen LogP contribution in [0.3, 0.4) is 0 Å². The fraction of sp³-hybridized carbons (Fsp3) is 0.643. The average molecular weight is 309 g/mol. The summed E-state index contributed by atoms with van der Waals surface area (Å²) in [5.74, 6) is 1.73. The SMILES string of the molecule is CSCCC(N)C(=O)NC1CCCN(c2cccnn2)C1. The summed E-state index contributed by atoms with van der Waals surface area (Å²) in [7, 11) is 0. The lowest BCUT2D eigenvalue weighted by Gasteiger charge is -2.34. The van der Waals surface area contributed by atoms with E-state index < -0.39 is 6.04 Å². The number of hydrogen-bond acceptors (Lipinski definition) is 6. The number of piperidine rings is 1. The van der Waals surface area contributed by atoms with Crippen molar-refractivity contribution in [3.05, 3.63) is 18.3 Å². The van der Waals surface area contributed by atoms with Gasteiger partial charge in [-0.25, -0.2) is 0 Å². The smallest absolute Gasteiger partial charge is 0.237 e. The number of aromatic nitrogens is 2. The van der Waals surface area contributed by atoms with E-state index in [4.69, 9.17) is 5.73 Å². The molecule has 1 fully saturated rings. The maximum atomic E-state index is 12.1. The van der Waals surface area contributed by atoms with E-state index in [1.54, 1.807) is 18.0 Å². The van der Waals surface area contributed by atoms with Crippen LogP contribution < -0.4 is 16.0 Å². The molecule has 1 amide bonds. The predicted octanol–water partition coefficient (Wildman–Crippen LogP) is 0.642. The van der Waals surface area contributed by atoms with Crippen LogP contribution in [0.4, 0.5) is 5.82 Å². The van der Waals surface area contributed by atoms with Gasteiger partial charge in [0.1, 0.15) is 0 Å². The molecule has 1 aromatic rings. The summed E-state index contributed by atoms with van der Waals surface area (Å²) in [6.45, 7) is 1.71. The van der Waals surface area contributed by atoms with Gasteiger partial charge in [0.25, 0.3) is 0 Å². The minimum absolute atomic E-state index is 0.0463. The van der Waals surface area contributed by atoms with Crippen LogP contribution in [0.2, 0.25) is 0 Å². The summed E-state index contributed by atoms with van der Waals surface area (Å²) in [6.07, 6.45) is 6.41. The topological polar surface area (TPSA) is 84.1 Å². The molecule has 0 aliphatic carbocycles. The molecule has 1 aromatic heterocycles. The highest BCUT2D eigenvalue weighted by Gasteiger charge is 2.24. The van der Waals surface area contributed by atoms with Crippen molar-refractivity contribution in [1.82, 2.24) is 15.5 Å². The fourth-order valence-electron chi connectivity index (χ4n) is 2.45. The third kappa shape index (κ3) is 4.86. The highest BCUT2D eigenvalue weighted by Crippen LogP contribution is 2.16. The van der Waals surface area contributed by atoms with Crippen molar-refractivity contribution in [3.8, 4) is 0 Å². The van der Waals surface area contributed by atoms with E-state index in [0.717, 1.165) is 37.5 Å². The minimum Gasteiger partial charge on any atom is -0.353 e. The van der Waals surface area contributed by atoms with E-state index >= 15 is 0 Å². The molecule has 2 rings (SSSR count). The van der Waals surface area contributed by atoms with Crippen molar-refractivity contribution in [3.63, 3.8) is 0 Å². The van der Waals surface area contributed by atoms with Gasteiger partial charge in [-0.05, 0) is 43.4 Å². The molecule has 1 aliphatic rings. The van der Waals surface area contributed by atoms with Gasteiger partial charge in [0, 0.05) is 25.3 Å². The first-order chi connectivity index (χ1) is 10.2. The number of thioether (sulfide) groups is 1. The normalized spacial score (nSPS) is 20.1.